The van der Waals surface area contributed by atoms with Crippen LogP contribution in [-0.2, 0) is 0 Å². The summed E-state index contributed by atoms with van der Waals surface area (Å²) in [6.45, 7) is 9.37. The Morgan fingerprint density at radius 1 is 1.15 bits per heavy atom. The zero-order chi connectivity index (χ0) is 14.2. The van der Waals surface area contributed by atoms with Crippen molar-refractivity contribution in [2.24, 2.45) is 0 Å². The van der Waals surface area contributed by atoms with E-state index in [2.05, 4.69) is 38.1 Å². The molecule has 0 spiro atoms. The van der Waals surface area contributed by atoms with Crippen LogP contribution in [0.3, 0.4) is 0 Å². The van der Waals surface area contributed by atoms with Crippen molar-refractivity contribution < 1.29 is 9.64 Å². The number of hydrogen-bond acceptors (Lipinski definition) is 1. The Balaban J connectivity index is 1.76. The lowest BCUT2D eigenvalue weighted by Gasteiger charge is -2.23. The summed E-state index contributed by atoms with van der Waals surface area (Å²) in [6.07, 6.45) is 6.59. The maximum Gasteiger partial charge on any atom is 0.122 e. The molecular formula is C18H30NO+. The van der Waals surface area contributed by atoms with Crippen LogP contribution in [-0.4, -0.2) is 26.2 Å². The van der Waals surface area contributed by atoms with Gasteiger partial charge < -0.3 is 9.64 Å². The summed E-state index contributed by atoms with van der Waals surface area (Å²) in [6, 6.07) is 8.53. The Kier molecular flexibility index (Phi) is 6.38. The largest absolute Gasteiger partial charge is 0.493 e. The number of hydrogen-bond donors (Lipinski definition) is 1. The molecule has 112 valence electrons. The van der Waals surface area contributed by atoms with Gasteiger partial charge in [-0.15, -0.1) is 0 Å². The number of quaternary nitrogens is 1. The van der Waals surface area contributed by atoms with Crippen LogP contribution in [0.15, 0.2) is 24.3 Å². The Hall–Kier alpha value is -1.02. The molecule has 1 fully saturated rings. The first-order valence-electron chi connectivity index (χ1n) is 8.36. The van der Waals surface area contributed by atoms with E-state index in [1.165, 1.54) is 50.9 Å². The smallest absolute Gasteiger partial charge is 0.122 e. The van der Waals surface area contributed by atoms with Gasteiger partial charge in [-0.05, 0) is 43.2 Å². The van der Waals surface area contributed by atoms with Crippen LogP contribution in [0.2, 0.25) is 0 Å². The van der Waals surface area contributed by atoms with Gasteiger partial charge in [0.15, 0.2) is 0 Å². The van der Waals surface area contributed by atoms with E-state index in [0.717, 1.165) is 18.8 Å². The molecule has 0 saturated carbocycles. The average molecular weight is 276 g/mol. The summed E-state index contributed by atoms with van der Waals surface area (Å²) in [5.74, 6) is 1.68. The van der Waals surface area contributed by atoms with E-state index in [1.54, 1.807) is 4.90 Å². The van der Waals surface area contributed by atoms with Crippen molar-refractivity contribution in [1.29, 1.82) is 0 Å². The molecule has 0 bridgehead atoms. The summed E-state index contributed by atoms with van der Waals surface area (Å²) >= 11 is 0. The number of nitrogens with one attached hydrogen (secondary N) is 1. The van der Waals surface area contributed by atoms with Gasteiger partial charge in [0.2, 0.25) is 0 Å². The summed E-state index contributed by atoms with van der Waals surface area (Å²) in [5.41, 5.74) is 1.36. The van der Waals surface area contributed by atoms with Crippen molar-refractivity contribution in [3.63, 3.8) is 0 Å². The van der Waals surface area contributed by atoms with Gasteiger partial charge in [-0.2, -0.15) is 0 Å². The molecule has 20 heavy (non-hydrogen) atoms. The SMILES string of the molecule is CC[C@H](C)c1ccccc1OCCC[NH+]1CCCCC1. The highest BCUT2D eigenvalue weighted by molar-refractivity contribution is 5.35. The maximum atomic E-state index is 6.04. The van der Waals surface area contributed by atoms with Crippen LogP contribution in [0.5, 0.6) is 5.75 Å². The van der Waals surface area contributed by atoms with Crippen molar-refractivity contribution in [2.45, 2.75) is 51.9 Å². The van der Waals surface area contributed by atoms with Gasteiger partial charge in [0.25, 0.3) is 0 Å². The van der Waals surface area contributed by atoms with Crippen LogP contribution in [0.4, 0.5) is 0 Å². The molecular weight excluding hydrogens is 246 g/mol. The minimum Gasteiger partial charge on any atom is -0.493 e. The number of para-hydroxylation sites is 1. The summed E-state index contributed by atoms with van der Waals surface area (Å²) < 4.78 is 6.04. The second-order valence-corrected chi connectivity index (χ2v) is 6.11. The number of likely N-dealkylation sites (tertiary alicyclic amines) is 1. The standard InChI is InChI=1S/C18H29NO/c1-3-16(2)17-10-5-6-11-18(17)20-15-9-14-19-12-7-4-8-13-19/h5-6,10-11,16H,3-4,7-9,12-15H2,1-2H3/p+1/t16-/m0/s1. The predicted octanol–water partition coefficient (Wildman–Crippen LogP) is 3.04. The van der Waals surface area contributed by atoms with E-state index in [1.807, 2.05) is 0 Å². The van der Waals surface area contributed by atoms with Gasteiger partial charge >= 0.3 is 0 Å². The molecule has 0 aromatic heterocycles. The van der Waals surface area contributed by atoms with E-state index in [4.69, 9.17) is 4.74 Å². The van der Waals surface area contributed by atoms with E-state index < -0.39 is 0 Å². The molecule has 1 N–H and O–H groups in total. The lowest BCUT2D eigenvalue weighted by atomic mass is 9.98. The fraction of sp³-hybridized carbons (Fsp3) is 0.667. The highest BCUT2D eigenvalue weighted by atomic mass is 16.5. The van der Waals surface area contributed by atoms with Crippen molar-refractivity contribution in [2.75, 3.05) is 26.2 Å². The molecule has 1 atom stereocenters. The van der Waals surface area contributed by atoms with E-state index in [0.29, 0.717) is 5.92 Å². The van der Waals surface area contributed by atoms with Gasteiger partial charge in [-0.1, -0.05) is 32.0 Å². The lowest BCUT2D eigenvalue weighted by Crippen LogP contribution is -3.12. The first kappa shape index (κ1) is 15.4. The third-order valence-corrected chi connectivity index (χ3v) is 4.56. The van der Waals surface area contributed by atoms with Crippen molar-refractivity contribution in [3.05, 3.63) is 29.8 Å². The summed E-state index contributed by atoms with van der Waals surface area (Å²) in [7, 11) is 0. The Bertz CT molecular complexity index is 385. The van der Waals surface area contributed by atoms with Gasteiger partial charge in [0, 0.05) is 6.42 Å². The predicted molar refractivity (Wildman–Crippen MR) is 84.7 cm³/mol. The minimum absolute atomic E-state index is 0.582. The zero-order valence-electron chi connectivity index (χ0n) is 13.2. The van der Waals surface area contributed by atoms with E-state index in [9.17, 15) is 0 Å². The second kappa shape index (κ2) is 8.31. The zero-order valence-corrected chi connectivity index (χ0v) is 13.2. The quantitative estimate of drug-likeness (QED) is 0.756. The van der Waals surface area contributed by atoms with Crippen molar-refractivity contribution >= 4 is 0 Å². The van der Waals surface area contributed by atoms with E-state index >= 15 is 0 Å². The fourth-order valence-corrected chi connectivity index (χ4v) is 3.05. The summed E-state index contributed by atoms with van der Waals surface area (Å²) in [4.78, 5) is 1.77. The molecule has 2 heteroatoms. The monoisotopic (exact) mass is 276 g/mol. The molecule has 0 radical (unpaired) electrons. The maximum absolute atomic E-state index is 6.04. The first-order valence-corrected chi connectivity index (χ1v) is 8.36. The third-order valence-electron chi connectivity index (χ3n) is 4.56. The molecule has 1 aliphatic rings. The molecule has 0 aliphatic carbocycles. The van der Waals surface area contributed by atoms with Crippen LogP contribution < -0.4 is 9.64 Å². The average Bonchev–Trinajstić information content (AvgIpc) is 2.52. The molecule has 2 nitrogen and oxygen atoms in total. The normalized spacial score (nSPS) is 17.9. The Morgan fingerprint density at radius 3 is 2.65 bits per heavy atom. The highest BCUT2D eigenvalue weighted by Crippen LogP contribution is 2.28. The van der Waals surface area contributed by atoms with Crippen molar-refractivity contribution in [3.8, 4) is 5.75 Å². The Morgan fingerprint density at radius 2 is 1.90 bits per heavy atom. The van der Waals surface area contributed by atoms with Gasteiger partial charge in [-0.25, -0.2) is 0 Å². The molecule has 1 aromatic carbocycles. The molecule has 1 aliphatic heterocycles. The molecule has 1 heterocycles. The van der Waals surface area contributed by atoms with Crippen LogP contribution in [0.1, 0.15) is 57.4 Å². The fourth-order valence-electron chi connectivity index (χ4n) is 3.05. The minimum atomic E-state index is 0.582. The van der Waals surface area contributed by atoms with Crippen molar-refractivity contribution in [1.82, 2.24) is 0 Å². The first-order chi connectivity index (χ1) is 9.81. The number of piperidine rings is 1. The lowest BCUT2D eigenvalue weighted by molar-refractivity contribution is -0.905. The van der Waals surface area contributed by atoms with Crippen LogP contribution >= 0.6 is 0 Å². The molecule has 0 unspecified atom stereocenters. The van der Waals surface area contributed by atoms with E-state index in [-0.39, 0.29) is 0 Å². The Labute approximate surface area is 124 Å². The molecule has 1 saturated heterocycles. The number of rotatable bonds is 7. The van der Waals surface area contributed by atoms with Crippen LogP contribution in [0.25, 0.3) is 0 Å². The number of ether oxygens (including phenoxy) is 1. The van der Waals surface area contributed by atoms with Gasteiger partial charge in [0.05, 0.1) is 26.2 Å². The molecule has 2 rings (SSSR count). The van der Waals surface area contributed by atoms with Crippen LogP contribution in [0, 0.1) is 0 Å². The highest BCUT2D eigenvalue weighted by Gasteiger charge is 2.13. The third kappa shape index (κ3) is 4.52. The number of benzene rings is 1. The molecule has 0 amide bonds. The second-order valence-electron chi connectivity index (χ2n) is 6.11. The summed E-state index contributed by atoms with van der Waals surface area (Å²) in [5, 5.41) is 0. The molecule has 1 aromatic rings. The van der Waals surface area contributed by atoms with Gasteiger partial charge in [0.1, 0.15) is 5.75 Å². The topological polar surface area (TPSA) is 13.7 Å². The van der Waals surface area contributed by atoms with Gasteiger partial charge in [-0.3, -0.25) is 0 Å².